The number of nitrogen functional groups attached to an aromatic ring is 2. The number of benzene rings is 1. The fourth-order valence-electron chi connectivity index (χ4n) is 1.74. The number of hydrogen-bond donors (Lipinski definition) is 2. The van der Waals surface area contributed by atoms with Crippen molar-refractivity contribution in [2.45, 2.75) is 6.43 Å². The first kappa shape index (κ1) is 14.5. The molecule has 0 amide bonds. The third-order valence-corrected chi connectivity index (χ3v) is 2.57. The molecule has 0 unspecified atom stereocenters. The molecule has 0 atom stereocenters. The molecule has 8 heteroatoms. The SMILES string of the molecule is N#Cc1c(N)nc(N)nc1-c1ccccc1OCC(F)F. The predicted octanol–water partition coefficient (Wildman–Crippen LogP) is 1.82. The van der Waals surface area contributed by atoms with Crippen LogP contribution in [0.3, 0.4) is 0 Å². The standard InChI is InChI=1S/C13H11F2N5O/c14-10(15)6-21-9-4-2-1-3-7(9)11-8(5-16)12(17)20-13(18)19-11/h1-4,10H,6H2,(H4,17,18,19,20). The number of anilines is 2. The molecule has 6 nitrogen and oxygen atoms in total. The van der Waals surface area contributed by atoms with Crippen LogP contribution < -0.4 is 16.2 Å². The van der Waals surface area contributed by atoms with Crippen LogP contribution in [0.5, 0.6) is 5.75 Å². The second-order valence-corrected chi connectivity index (χ2v) is 4.00. The summed E-state index contributed by atoms with van der Waals surface area (Å²) in [5.74, 6) is -0.0411. The van der Waals surface area contributed by atoms with E-state index in [1.165, 1.54) is 6.07 Å². The Labute approximate surface area is 119 Å². The Morgan fingerprint density at radius 1 is 1.24 bits per heavy atom. The molecule has 1 aromatic heterocycles. The van der Waals surface area contributed by atoms with Gasteiger partial charge in [-0.15, -0.1) is 0 Å². The van der Waals surface area contributed by atoms with Crippen molar-refractivity contribution < 1.29 is 13.5 Å². The van der Waals surface area contributed by atoms with Crippen molar-refractivity contribution >= 4 is 11.8 Å². The van der Waals surface area contributed by atoms with E-state index in [1.807, 2.05) is 6.07 Å². The van der Waals surface area contributed by atoms with E-state index in [9.17, 15) is 8.78 Å². The van der Waals surface area contributed by atoms with Crippen LogP contribution >= 0.6 is 0 Å². The van der Waals surface area contributed by atoms with Gasteiger partial charge < -0.3 is 16.2 Å². The van der Waals surface area contributed by atoms with Crippen LogP contribution in [0.4, 0.5) is 20.5 Å². The number of alkyl halides is 2. The maximum absolute atomic E-state index is 12.3. The summed E-state index contributed by atoms with van der Waals surface area (Å²) in [6.07, 6.45) is -2.62. The molecule has 0 saturated carbocycles. The lowest BCUT2D eigenvalue weighted by molar-refractivity contribution is 0.0822. The molecule has 0 fully saturated rings. The van der Waals surface area contributed by atoms with Gasteiger partial charge in [0.05, 0.1) is 5.69 Å². The number of halogens is 2. The quantitative estimate of drug-likeness (QED) is 0.888. The zero-order valence-electron chi connectivity index (χ0n) is 10.8. The fourth-order valence-corrected chi connectivity index (χ4v) is 1.74. The van der Waals surface area contributed by atoms with E-state index in [1.54, 1.807) is 18.2 Å². The summed E-state index contributed by atoms with van der Waals surface area (Å²) in [4.78, 5) is 7.66. The molecule has 21 heavy (non-hydrogen) atoms. The van der Waals surface area contributed by atoms with Gasteiger partial charge in [-0.25, -0.2) is 13.8 Å². The number of nitriles is 1. The molecule has 2 aromatic rings. The Balaban J connectivity index is 2.55. The Hall–Kier alpha value is -2.95. The summed E-state index contributed by atoms with van der Waals surface area (Å²) in [7, 11) is 0. The average molecular weight is 291 g/mol. The number of nitrogens with two attached hydrogens (primary N) is 2. The third kappa shape index (κ3) is 3.14. The minimum Gasteiger partial charge on any atom is -0.487 e. The number of ether oxygens (including phenoxy) is 1. The minimum absolute atomic E-state index is 0.0114. The number of aromatic nitrogens is 2. The third-order valence-electron chi connectivity index (χ3n) is 2.57. The molecular formula is C13H11F2N5O. The van der Waals surface area contributed by atoms with Crippen molar-refractivity contribution in [3.8, 4) is 23.1 Å². The first-order chi connectivity index (χ1) is 10.0. The molecular weight excluding hydrogens is 280 g/mol. The second-order valence-electron chi connectivity index (χ2n) is 4.00. The van der Waals surface area contributed by atoms with E-state index in [2.05, 4.69) is 9.97 Å². The van der Waals surface area contributed by atoms with E-state index < -0.39 is 13.0 Å². The molecule has 0 bridgehead atoms. The highest BCUT2D eigenvalue weighted by atomic mass is 19.3. The normalized spacial score (nSPS) is 10.4. The first-order valence-electron chi connectivity index (χ1n) is 5.86. The lowest BCUT2D eigenvalue weighted by atomic mass is 10.1. The molecule has 1 aromatic carbocycles. The maximum atomic E-state index is 12.3. The summed E-state index contributed by atoms with van der Waals surface area (Å²) in [6.45, 7) is -0.769. The number of para-hydroxylation sites is 1. The van der Waals surface area contributed by atoms with Crippen LogP contribution in [0.25, 0.3) is 11.3 Å². The van der Waals surface area contributed by atoms with E-state index in [4.69, 9.17) is 21.5 Å². The zero-order valence-corrected chi connectivity index (χ0v) is 10.8. The Bertz CT molecular complexity index is 699. The van der Waals surface area contributed by atoms with Crippen molar-refractivity contribution in [3.05, 3.63) is 29.8 Å². The predicted molar refractivity (Wildman–Crippen MR) is 72.5 cm³/mol. The van der Waals surface area contributed by atoms with Gasteiger partial charge in [-0.05, 0) is 12.1 Å². The van der Waals surface area contributed by atoms with Crippen LogP contribution in [-0.2, 0) is 0 Å². The van der Waals surface area contributed by atoms with E-state index in [0.717, 1.165) is 0 Å². The van der Waals surface area contributed by atoms with Crippen LogP contribution in [0, 0.1) is 11.3 Å². The van der Waals surface area contributed by atoms with Gasteiger partial charge in [0.25, 0.3) is 6.43 Å². The minimum atomic E-state index is -2.62. The summed E-state index contributed by atoms with van der Waals surface area (Å²) in [5.41, 5.74) is 11.6. The summed E-state index contributed by atoms with van der Waals surface area (Å²) in [5, 5.41) is 9.15. The fraction of sp³-hybridized carbons (Fsp3) is 0.154. The topological polar surface area (TPSA) is 111 Å². The smallest absolute Gasteiger partial charge is 0.272 e. The van der Waals surface area contributed by atoms with Gasteiger partial charge in [-0.3, -0.25) is 0 Å². The van der Waals surface area contributed by atoms with Crippen LogP contribution in [-0.4, -0.2) is 23.0 Å². The Kier molecular flexibility index (Phi) is 4.13. The summed E-state index contributed by atoms with van der Waals surface area (Å²) >= 11 is 0. The highest BCUT2D eigenvalue weighted by molar-refractivity contribution is 5.77. The number of rotatable bonds is 4. The van der Waals surface area contributed by atoms with Crippen LogP contribution in [0.1, 0.15) is 5.56 Å². The van der Waals surface area contributed by atoms with Gasteiger partial charge in [-0.1, -0.05) is 12.1 Å². The monoisotopic (exact) mass is 291 g/mol. The molecule has 0 aliphatic heterocycles. The zero-order chi connectivity index (χ0) is 15.4. The van der Waals surface area contributed by atoms with Crippen molar-refractivity contribution in [3.63, 3.8) is 0 Å². The maximum Gasteiger partial charge on any atom is 0.272 e. The van der Waals surface area contributed by atoms with Gasteiger partial charge in [0.1, 0.15) is 29.8 Å². The molecule has 2 rings (SSSR count). The average Bonchev–Trinajstić information content (AvgIpc) is 2.44. The van der Waals surface area contributed by atoms with Gasteiger partial charge in [0.2, 0.25) is 5.95 Å². The van der Waals surface area contributed by atoms with Crippen molar-refractivity contribution in [2.24, 2.45) is 0 Å². The van der Waals surface area contributed by atoms with Crippen LogP contribution in [0.15, 0.2) is 24.3 Å². The van der Waals surface area contributed by atoms with Crippen LogP contribution in [0.2, 0.25) is 0 Å². The van der Waals surface area contributed by atoms with Gasteiger partial charge in [-0.2, -0.15) is 10.2 Å². The molecule has 0 radical (unpaired) electrons. The van der Waals surface area contributed by atoms with Crippen molar-refractivity contribution in [1.82, 2.24) is 9.97 Å². The lowest BCUT2D eigenvalue weighted by Crippen LogP contribution is -2.09. The highest BCUT2D eigenvalue weighted by Gasteiger charge is 2.17. The molecule has 4 N–H and O–H groups in total. The Morgan fingerprint density at radius 2 is 1.95 bits per heavy atom. The molecule has 108 valence electrons. The van der Waals surface area contributed by atoms with Gasteiger partial charge >= 0.3 is 0 Å². The van der Waals surface area contributed by atoms with E-state index in [-0.39, 0.29) is 28.8 Å². The van der Waals surface area contributed by atoms with Crippen molar-refractivity contribution in [1.29, 1.82) is 5.26 Å². The molecule has 0 aliphatic rings. The first-order valence-corrected chi connectivity index (χ1v) is 5.86. The van der Waals surface area contributed by atoms with E-state index >= 15 is 0 Å². The number of nitrogens with zero attached hydrogens (tertiary/aromatic N) is 3. The highest BCUT2D eigenvalue weighted by Crippen LogP contribution is 2.32. The summed E-state index contributed by atoms with van der Waals surface area (Å²) < 4.78 is 29.6. The second kappa shape index (κ2) is 6.00. The Morgan fingerprint density at radius 3 is 2.62 bits per heavy atom. The summed E-state index contributed by atoms with van der Waals surface area (Å²) in [6, 6.07) is 8.21. The van der Waals surface area contributed by atoms with Gasteiger partial charge in [0, 0.05) is 5.56 Å². The van der Waals surface area contributed by atoms with Crippen molar-refractivity contribution in [2.75, 3.05) is 18.1 Å². The number of hydrogen-bond acceptors (Lipinski definition) is 6. The van der Waals surface area contributed by atoms with Gasteiger partial charge in [0.15, 0.2) is 0 Å². The molecule has 1 heterocycles. The van der Waals surface area contributed by atoms with E-state index in [0.29, 0.717) is 5.56 Å². The molecule has 0 spiro atoms. The lowest BCUT2D eigenvalue weighted by Gasteiger charge is -2.12. The molecule has 0 aliphatic carbocycles. The molecule has 0 saturated heterocycles. The largest absolute Gasteiger partial charge is 0.487 e.